The molecule has 0 radical (unpaired) electrons. The first-order chi connectivity index (χ1) is 11.6. The van der Waals surface area contributed by atoms with Gasteiger partial charge in [0.05, 0.1) is 13.2 Å². The fourth-order valence-electron chi connectivity index (χ4n) is 2.91. The van der Waals surface area contributed by atoms with Crippen molar-refractivity contribution in [1.29, 1.82) is 0 Å². The third-order valence-corrected chi connectivity index (χ3v) is 4.78. The number of aromatic nitrogens is 1. The molecule has 0 saturated carbocycles. The molecule has 0 unspecified atom stereocenters. The van der Waals surface area contributed by atoms with Crippen LogP contribution in [0.5, 0.6) is 5.75 Å². The standard InChI is InChI=1S/C17H19N3O3S/c1-11(21)18-17-19-14(10-24-17)16(22)20-9-3-4-15(20)12-5-7-13(23-2)8-6-12/h5-8,10,15H,3-4,9H2,1-2H3,(H,18,19,21)/t15-/m1/s1. The molecule has 2 aromatic rings. The first-order valence-corrected chi connectivity index (χ1v) is 8.64. The molecule has 1 fully saturated rings. The van der Waals surface area contributed by atoms with E-state index >= 15 is 0 Å². The normalized spacial score (nSPS) is 16.9. The van der Waals surface area contributed by atoms with E-state index in [1.165, 1.54) is 18.3 Å². The van der Waals surface area contributed by atoms with Crippen LogP contribution in [0, 0.1) is 0 Å². The Morgan fingerprint density at radius 1 is 1.33 bits per heavy atom. The Labute approximate surface area is 144 Å². The zero-order valence-electron chi connectivity index (χ0n) is 13.6. The quantitative estimate of drug-likeness (QED) is 0.924. The molecule has 2 amide bonds. The molecule has 1 aromatic heterocycles. The Balaban J connectivity index is 1.77. The second-order valence-electron chi connectivity index (χ2n) is 5.65. The van der Waals surface area contributed by atoms with Crippen LogP contribution in [0.2, 0.25) is 0 Å². The van der Waals surface area contributed by atoms with Gasteiger partial charge in [-0.15, -0.1) is 11.3 Å². The van der Waals surface area contributed by atoms with Gasteiger partial charge in [0.25, 0.3) is 5.91 Å². The van der Waals surface area contributed by atoms with E-state index in [2.05, 4.69) is 10.3 Å². The average molecular weight is 345 g/mol. The number of benzene rings is 1. The zero-order valence-corrected chi connectivity index (χ0v) is 14.4. The van der Waals surface area contributed by atoms with E-state index in [1.807, 2.05) is 29.2 Å². The average Bonchev–Trinajstić information content (AvgIpc) is 3.23. The van der Waals surface area contributed by atoms with E-state index < -0.39 is 0 Å². The summed E-state index contributed by atoms with van der Waals surface area (Å²) in [4.78, 5) is 30.0. The van der Waals surface area contributed by atoms with Crippen molar-refractivity contribution in [3.05, 3.63) is 40.9 Å². The zero-order chi connectivity index (χ0) is 17.1. The van der Waals surface area contributed by atoms with Crippen molar-refractivity contribution in [2.24, 2.45) is 0 Å². The molecule has 0 spiro atoms. The third kappa shape index (κ3) is 3.41. The first kappa shape index (κ1) is 16.4. The topological polar surface area (TPSA) is 71.5 Å². The smallest absolute Gasteiger partial charge is 0.273 e. The van der Waals surface area contributed by atoms with Crippen molar-refractivity contribution < 1.29 is 14.3 Å². The Bertz CT molecular complexity index is 742. The van der Waals surface area contributed by atoms with Crippen molar-refractivity contribution in [2.45, 2.75) is 25.8 Å². The van der Waals surface area contributed by atoms with Gasteiger partial charge in [-0.1, -0.05) is 12.1 Å². The Kier molecular flexibility index (Phi) is 4.80. The highest BCUT2D eigenvalue weighted by molar-refractivity contribution is 7.14. The summed E-state index contributed by atoms with van der Waals surface area (Å²) in [5.41, 5.74) is 1.48. The van der Waals surface area contributed by atoms with Gasteiger partial charge in [-0.05, 0) is 30.5 Å². The fraction of sp³-hybridized carbons (Fsp3) is 0.353. The molecule has 2 heterocycles. The summed E-state index contributed by atoms with van der Waals surface area (Å²) in [5, 5.41) is 4.75. The molecule has 24 heavy (non-hydrogen) atoms. The van der Waals surface area contributed by atoms with E-state index in [0.29, 0.717) is 17.4 Å². The van der Waals surface area contributed by atoms with E-state index in [9.17, 15) is 9.59 Å². The van der Waals surface area contributed by atoms with Gasteiger partial charge < -0.3 is 15.0 Å². The predicted molar refractivity (Wildman–Crippen MR) is 92.4 cm³/mol. The molecule has 1 N–H and O–H groups in total. The molecule has 3 rings (SSSR count). The number of hydrogen-bond acceptors (Lipinski definition) is 5. The van der Waals surface area contributed by atoms with E-state index in [0.717, 1.165) is 24.2 Å². The Hall–Kier alpha value is -2.41. The third-order valence-electron chi connectivity index (χ3n) is 4.02. The highest BCUT2D eigenvalue weighted by atomic mass is 32.1. The van der Waals surface area contributed by atoms with Crippen LogP contribution in [0.15, 0.2) is 29.6 Å². The van der Waals surface area contributed by atoms with Gasteiger partial charge in [0, 0.05) is 18.8 Å². The van der Waals surface area contributed by atoms with Gasteiger partial charge in [-0.2, -0.15) is 0 Å². The maximum Gasteiger partial charge on any atom is 0.273 e. The largest absolute Gasteiger partial charge is 0.497 e. The van der Waals surface area contributed by atoms with Crippen molar-refractivity contribution in [3.63, 3.8) is 0 Å². The lowest BCUT2D eigenvalue weighted by atomic mass is 10.0. The van der Waals surface area contributed by atoms with Gasteiger partial charge in [0.1, 0.15) is 11.4 Å². The van der Waals surface area contributed by atoms with Crippen LogP contribution in [0.1, 0.15) is 41.9 Å². The lowest BCUT2D eigenvalue weighted by Crippen LogP contribution is -2.30. The van der Waals surface area contributed by atoms with Gasteiger partial charge in [0.2, 0.25) is 5.91 Å². The minimum Gasteiger partial charge on any atom is -0.497 e. The fourth-order valence-corrected chi connectivity index (χ4v) is 3.64. The number of amides is 2. The highest BCUT2D eigenvalue weighted by Gasteiger charge is 2.31. The minimum absolute atomic E-state index is 0.0503. The SMILES string of the molecule is COc1ccc([C@H]2CCCN2C(=O)c2csc(NC(C)=O)n2)cc1. The molecular weight excluding hydrogens is 326 g/mol. The van der Waals surface area contributed by atoms with Gasteiger partial charge >= 0.3 is 0 Å². The summed E-state index contributed by atoms with van der Waals surface area (Å²) in [6, 6.07) is 7.87. The maximum atomic E-state index is 12.8. The Morgan fingerprint density at radius 3 is 2.75 bits per heavy atom. The van der Waals surface area contributed by atoms with Crippen molar-refractivity contribution in [1.82, 2.24) is 9.88 Å². The molecule has 0 aliphatic carbocycles. The number of nitrogens with zero attached hydrogens (tertiary/aromatic N) is 2. The Morgan fingerprint density at radius 2 is 2.08 bits per heavy atom. The number of methoxy groups -OCH3 is 1. The molecular formula is C17H19N3O3S. The summed E-state index contributed by atoms with van der Waals surface area (Å²) in [6.07, 6.45) is 1.89. The van der Waals surface area contributed by atoms with Crippen LogP contribution >= 0.6 is 11.3 Å². The minimum atomic E-state index is -0.194. The number of likely N-dealkylation sites (tertiary alicyclic amines) is 1. The molecule has 1 aliphatic rings. The second kappa shape index (κ2) is 7.00. The summed E-state index contributed by atoms with van der Waals surface area (Å²) in [7, 11) is 1.63. The van der Waals surface area contributed by atoms with E-state index in [1.54, 1.807) is 12.5 Å². The predicted octanol–water partition coefficient (Wildman–Crippen LogP) is 3.09. The summed E-state index contributed by atoms with van der Waals surface area (Å²) >= 11 is 1.26. The van der Waals surface area contributed by atoms with Gasteiger partial charge in [-0.25, -0.2) is 4.98 Å². The monoisotopic (exact) mass is 345 g/mol. The van der Waals surface area contributed by atoms with Gasteiger partial charge in [0.15, 0.2) is 5.13 Å². The molecule has 7 heteroatoms. The van der Waals surface area contributed by atoms with Crippen LogP contribution in [0.25, 0.3) is 0 Å². The highest BCUT2D eigenvalue weighted by Crippen LogP contribution is 2.34. The number of anilines is 1. The number of rotatable bonds is 4. The van der Waals surface area contributed by atoms with Crippen LogP contribution in [-0.4, -0.2) is 35.4 Å². The van der Waals surface area contributed by atoms with Crippen LogP contribution < -0.4 is 10.1 Å². The van der Waals surface area contributed by atoms with Crippen molar-refractivity contribution >= 4 is 28.3 Å². The number of hydrogen-bond donors (Lipinski definition) is 1. The molecule has 126 valence electrons. The number of carbonyl (C=O) groups excluding carboxylic acids is 2. The number of nitrogens with one attached hydrogen (secondary N) is 1. The summed E-state index contributed by atoms with van der Waals surface area (Å²) in [6.45, 7) is 2.13. The number of thiazole rings is 1. The molecule has 6 nitrogen and oxygen atoms in total. The first-order valence-electron chi connectivity index (χ1n) is 7.76. The molecule has 1 saturated heterocycles. The lowest BCUT2D eigenvalue weighted by molar-refractivity contribution is -0.114. The summed E-state index contributed by atoms with van der Waals surface area (Å²) in [5.74, 6) is 0.510. The molecule has 0 bridgehead atoms. The van der Waals surface area contributed by atoms with Gasteiger partial charge in [-0.3, -0.25) is 9.59 Å². The second-order valence-corrected chi connectivity index (χ2v) is 6.51. The summed E-state index contributed by atoms with van der Waals surface area (Å²) < 4.78 is 5.19. The molecule has 1 aromatic carbocycles. The van der Waals surface area contributed by atoms with Crippen LogP contribution in [0.3, 0.4) is 0 Å². The maximum absolute atomic E-state index is 12.8. The van der Waals surface area contributed by atoms with Crippen LogP contribution in [-0.2, 0) is 4.79 Å². The number of ether oxygens (including phenoxy) is 1. The van der Waals surface area contributed by atoms with E-state index in [-0.39, 0.29) is 17.9 Å². The van der Waals surface area contributed by atoms with E-state index in [4.69, 9.17) is 4.74 Å². The lowest BCUT2D eigenvalue weighted by Gasteiger charge is -2.24. The molecule has 1 atom stereocenters. The van der Waals surface area contributed by atoms with Crippen molar-refractivity contribution in [3.8, 4) is 5.75 Å². The molecule has 1 aliphatic heterocycles. The van der Waals surface area contributed by atoms with Crippen LogP contribution in [0.4, 0.5) is 5.13 Å². The van der Waals surface area contributed by atoms with Crippen molar-refractivity contribution in [2.75, 3.05) is 19.0 Å². The number of carbonyl (C=O) groups is 2.